The Morgan fingerprint density at radius 3 is 2.86 bits per heavy atom. The Hall–Kier alpha value is -1.01. The summed E-state index contributed by atoms with van der Waals surface area (Å²) < 4.78 is 5.81. The number of fused-ring (bicyclic) bond motifs is 1. The first-order valence-corrected chi connectivity index (χ1v) is 7.99. The molecule has 1 aromatic rings. The van der Waals surface area contributed by atoms with E-state index in [9.17, 15) is 5.11 Å². The first kappa shape index (κ1) is 14.9. The molecule has 3 unspecified atom stereocenters. The fourth-order valence-electron chi connectivity index (χ4n) is 3.43. The highest BCUT2D eigenvalue weighted by Crippen LogP contribution is 2.30. The monoisotopic (exact) mass is 306 g/mol. The Bertz CT molecular complexity index is 506. The molecule has 2 fully saturated rings. The van der Waals surface area contributed by atoms with Gasteiger partial charge in [0.05, 0.1) is 18.8 Å². The second-order valence-electron chi connectivity index (χ2n) is 5.90. The summed E-state index contributed by atoms with van der Waals surface area (Å²) in [7, 11) is 0. The maximum absolute atomic E-state index is 10.5. The van der Waals surface area contributed by atoms with Crippen molar-refractivity contribution in [3.8, 4) is 0 Å². The van der Waals surface area contributed by atoms with Gasteiger partial charge in [-0.05, 0) is 24.8 Å². The van der Waals surface area contributed by atoms with Gasteiger partial charge in [0.2, 0.25) is 0 Å². The maximum atomic E-state index is 10.5. The van der Waals surface area contributed by atoms with Gasteiger partial charge in [0.25, 0.3) is 0 Å². The quantitative estimate of drug-likeness (QED) is 0.828. The number of β-amino-alcohol motifs (C(OH)–C–C–N with tert-alkyl or cyclic N) is 1. The number of benzene rings is 1. The third-order valence-corrected chi connectivity index (χ3v) is 4.82. The Kier molecular flexibility index (Phi) is 4.54. The molecule has 3 rings (SSSR count). The molecule has 3 atom stereocenters. The zero-order valence-corrected chi connectivity index (χ0v) is 12.9. The summed E-state index contributed by atoms with van der Waals surface area (Å²) in [5, 5.41) is 10.5. The highest BCUT2D eigenvalue weighted by Gasteiger charge is 2.36. The van der Waals surface area contributed by atoms with Crippen molar-refractivity contribution in [1.29, 1.82) is 0 Å². The molecule has 2 aliphatic rings. The van der Waals surface area contributed by atoms with Crippen LogP contribution in [0.3, 0.4) is 0 Å². The second-order valence-corrected chi connectivity index (χ2v) is 6.34. The van der Waals surface area contributed by atoms with Crippen molar-refractivity contribution >= 4 is 17.2 Å². The van der Waals surface area contributed by atoms with Crippen molar-refractivity contribution in [2.75, 3.05) is 19.7 Å². The molecule has 1 heterocycles. The lowest BCUT2D eigenvalue weighted by atomic mass is 10.0. The number of rotatable bonds is 4. The van der Waals surface area contributed by atoms with E-state index in [1.165, 1.54) is 12.8 Å². The van der Waals surface area contributed by atoms with E-state index >= 15 is 0 Å². The molecular weight excluding hydrogens is 284 g/mol. The van der Waals surface area contributed by atoms with Crippen molar-refractivity contribution in [2.24, 2.45) is 5.73 Å². The van der Waals surface area contributed by atoms with Crippen LogP contribution in [0.15, 0.2) is 24.3 Å². The number of thiocarbonyl (C=S) groups is 1. The summed E-state index contributed by atoms with van der Waals surface area (Å²) >= 11 is 4.95. The van der Waals surface area contributed by atoms with E-state index in [1.54, 1.807) is 0 Å². The van der Waals surface area contributed by atoms with Gasteiger partial charge in [0, 0.05) is 24.7 Å². The van der Waals surface area contributed by atoms with E-state index in [4.69, 9.17) is 22.7 Å². The van der Waals surface area contributed by atoms with Crippen molar-refractivity contribution in [3.63, 3.8) is 0 Å². The van der Waals surface area contributed by atoms with Gasteiger partial charge < -0.3 is 15.6 Å². The standard InChI is InChI=1S/C16H22N2O2S/c17-16(21)12-6-4-11(5-7-12)14(19)10-18-8-9-20-15-3-1-2-13(15)18/h4-7,13-15,19H,1-3,8-10H2,(H2,17,21). The maximum Gasteiger partial charge on any atom is 0.103 e. The Morgan fingerprint density at radius 2 is 2.14 bits per heavy atom. The molecule has 0 spiro atoms. The van der Waals surface area contributed by atoms with Crippen LogP contribution in [-0.2, 0) is 4.74 Å². The zero-order chi connectivity index (χ0) is 14.8. The van der Waals surface area contributed by atoms with E-state index in [2.05, 4.69) is 4.90 Å². The molecule has 0 radical (unpaired) electrons. The van der Waals surface area contributed by atoms with E-state index in [1.807, 2.05) is 24.3 Å². The number of aliphatic hydroxyl groups excluding tert-OH is 1. The Labute approximate surface area is 130 Å². The molecule has 1 aromatic carbocycles. The number of nitrogens with zero attached hydrogens (tertiary/aromatic N) is 1. The molecule has 0 bridgehead atoms. The minimum absolute atomic E-state index is 0.364. The average molecular weight is 306 g/mol. The molecule has 114 valence electrons. The van der Waals surface area contributed by atoms with Gasteiger partial charge in [0.15, 0.2) is 0 Å². The molecule has 1 aliphatic carbocycles. The smallest absolute Gasteiger partial charge is 0.103 e. The molecule has 3 N–H and O–H groups in total. The van der Waals surface area contributed by atoms with Crippen molar-refractivity contribution in [3.05, 3.63) is 35.4 Å². The van der Waals surface area contributed by atoms with Crippen LogP contribution in [0.25, 0.3) is 0 Å². The van der Waals surface area contributed by atoms with E-state index in [0.29, 0.717) is 23.7 Å². The predicted octanol–water partition coefficient (Wildman–Crippen LogP) is 1.61. The first-order valence-electron chi connectivity index (χ1n) is 7.58. The minimum Gasteiger partial charge on any atom is -0.389 e. The van der Waals surface area contributed by atoms with Crippen LogP contribution in [-0.4, -0.2) is 46.8 Å². The highest BCUT2D eigenvalue weighted by molar-refractivity contribution is 7.80. The molecule has 1 aliphatic heterocycles. The summed E-state index contributed by atoms with van der Waals surface area (Å²) in [6.07, 6.45) is 3.44. The number of nitrogens with two attached hydrogens (primary N) is 1. The second kappa shape index (κ2) is 6.40. The van der Waals surface area contributed by atoms with Crippen LogP contribution in [0.2, 0.25) is 0 Å². The summed E-state index contributed by atoms with van der Waals surface area (Å²) in [4.78, 5) is 2.77. The van der Waals surface area contributed by atoms with Crippen molar-refractivity contribution < 1.29 is 9.84 Å². The van der Waals surface area contributed by atoms with Gasteiger partial charge >= 0.3 is 0 Å². The van der Waals surface area contributed by atoms with Crippen LogP contribution in [0.5, 0.6) is 0 Å². The minimum atomic E-state index is -0.482. The summed E-state index contributed by atoms with van der Waals surface area (Å²) in [6, 6.07) is 8.04. The Balaban J connectivity index is 1.65. The van der Waals surface area contributed by atoms with Gasteiger partial charge in [-0.15, -0.1) is 0 Å². The molecule has 21 heavy (non-hydrogen) atoms. The van der Waals surface area contributed by atoms with Crippen LogP contribution in [0.1, 0.15) is 36.5 Å². The van der Waals surface area contributed by atoms with Crippen LogP contribution < -0.4 is 5.73 Å². The first-order chi connectivity index (χ1) is 10.1. The van der Waals surface area contributed by atoms with Crippen LogP contribution in [0, 0.1) is 0 Å². The lowest BCUT2D eigenvalue weighted by Crippen LogP contribution is -2.49. The van der Waals surface area contributed by atoms with Gasteiger partial charge in [-0.1, -0.05) is 36.5 Å². The predicted molar refractivity (Wildman–Crippen MR) is 86.2 cm³/mol. The Morgan fingerprint density at radius 1 is 1.38 bits per heavy atom. The topological polar surface area (TPSA) is 58.7 Å². The zero-order valence-electron chi connectivity index (χ0n) is 12.1. The molecule has 1 saturated heterocycles. The van der Waals surface area contributed by atoms with E-state index in [-0.39, 0.29) is 0 Å². The third kappa shape index (κ3) is 3.26. The molecule has 0 amide bonds. The van der Waals surface area contributed by atoms with Gasteiger partial charge in [-0.25, -0.2) is 0 Å². The van der Waals surface area contributed by atoms with E-state index < -0.39 is 6.10 Å². The molecule has 5 heteroatoms. The summed E-state index contributed by atoms with van der Waals surface area (Å²) in [6.45, 7) is 2.34. The summed E-state index contributed by atoms with van der Waals surface area (Å²) in [5.74, 6) is 0. The lowest BCUT2D eigenvalue weighted by molar-refractivity contribution is -0.0675. The molecule has 1 saturated carbocycles. The molecule has 0 aromatic heterocycles. The fourth-order valence-corrected chi connectivity index (χ4v) is 3.57. The van der Waals surface area contributed by atoms with Gasteiger partial charge in [-0.3, -0.25) is 4.90 Å². The molecular formula is C16H22N2O2S. The number of morpholine rings is 1. The number of ether oxygens (including phenoxy) is 1. The van der Waals surface area contributed by atoms with E-state index in [0.717, 1.165) is 30.7 Å². The van der Waals surface area contributed by atoms with Gasteiger partial charge in [0.1, 0.15) is 4.99 Å². The lowest BCUT2D eigenvalue weighted by Gasteiger charge is -2.38. The van der Waals surface area contributed by atoms with Crippen LogP contribution in [0.4, 0.5) is 0 Å². The van der Waals surface area contributed by atoms with Crippen molar-refractivity contribution in [2.45, 2.75) is 37.5 Å². The number of aliphatic hydroxyl groups is 1. The normalized spacial score (nSPS) is 27.3. The number of hydrogen-bond acceptors (Lipinski definition) is 4. The summed E-state index contributed by atoms with van der Waals surface area (Å²) in [5.41, 5.74) is 7.34. The highest BCUT2D eigenvalue weighted by atomic mass is 32.1. The molecule has 4 nitrogen and oxygen atoms in total. The van der Waals surface area contributed by atoms with Crippen molar-refractivity contribution in [1.82, 2.24) is 4.90 Å². The number of hydrogen-bond donors (Lipinski definition) is 2. The third-order valence-electron chi connectivity index (χ3n) is 4.58. The van der Waals surface area contributed by atoms with Gasteiger partial charge in [-0.2, -0.15) is 0 Å². The average Bonchev–Trinajstić information content (AvgIpc) is 2.97. The SMILES string of the molecule is NC(=S)c1ccc(C(O)CN2CCOC3CCCC32)cc1. The van der Waals surface area contributed by atoms with Crippen LogP contribution >= 0.6 is 12.2 Å². The largest absolute Gasteiger partial charge is 0.389 e. The fraction of sp³-hybridized carbons (Fsp3) is 0.562.